The average molecular weight is 376 g/mol. The molecule has 1 fully saturated rings. The molecule has 0 saturated carbocycles. The molecule has 1 N–H and O–H groups in total. The summed E-state index contributed by atoms with van der Waals surface area (Å²) in [7, 11) is 1.69. The van der Waals surface area contributed by atoms with E-state index in [1.54, 1.807) is 7.05 Å². The molecular formula is C19H28N4O4. The first-order valence-electron chi connectivity index (χ1n) is 9.31. The number of benzene rings is 1. The van der Waals surface area contributed by atoms with Gasteiger partial charge in [0.05, 0.1) is 17.7 Å². The Kier molecular flexibility index (Phi) is 5.46. The van der Waals surface area contributed by atoms with Gasteiger partial charge in [-0.1, -0.05) is 0 Å². The molecule has 1 aliphatic heterocycles. The van der Waals surface area contributed by atoms with Gasteiger partial charge in [0, 0.05) is 51.6 Å². The van der Waals surface area contributed by atoms with Gasteiger partial charge in [0.25, 0.3) is 0 Å². The molecule has 0 atom stereocenters. The Hall–Kier alpha value is -2.48. The molecule has 0 unspecified atom stereocenters. The third-order valence-electron chi connectivity index (χ3n) is 5.01. The first kappa shape index (κ1) is 19.3. The fourth-order valence-corrected chi connectivity index (χ4v) is 3.54. The molecule has 0 aliphatic carbocycles. The molecule has 2 amide bonds. The van der Waals surface area contributed by atoms with E-state index in [-0.39, 0.29) is 17.3 Å². The maximum atomic E-state index is 12.5. The lowest BCUT2D eigenvalue weighted by atomic mass is 9.98. The number of urea groups is 1. The molecule has 27 heavy (non-hydrogen) atoms. The Labute approximate surface area is 158 Å². The molecule has 0 spiro atoms. The van der Waals surface area contributed by atoms with E-state index in [2.05, 4.69) is 24.1 Å². The second-order valence-electron chi connectivity index (χ2n) is 7.39. The predicted molar refractivity (Wildman–Crippen MR) is 104 cm³/mol. The minimum Gasteiger partial charge on any atom is -0.408 e. The Morgan fingerprint density at radius 3 is 2.81 bits per heavy atom. The van der Waals surface area contributed by atoms with Crippen LogP contribution in [0.1, 0.15) is 20.8 Å². The van der Waals surface area contributed by atoms with Gasteiger partial charge in [0.2, 0.25) is 0 Å². The van der Waals surface area contributed by atoms with Crippen LogP contribution >= 0.6 is 0 Å². The lowest BCUT2D eigenvalue weighted by molar-refractivity contribution is 0.116. The summed E-state index contributed by atoms with van der Waals surface area (Å²) in [6.07, 6.45) is 0. The fourth-order valence-electron chi connectivity index (χ4n) is 3.54. The van der Waals surface area contributed by atoms with Crippen molar-refractivity contribution in [2.45, 2.75) is 26.3 Å². The highest BCUT2D eigenvalue weighted by atomic mass is 16.5. The highest BCUT2D eigenvalue weighted by Crippen LogP contribution is 2.28. The fraction of sp³-hybridized carbons (Fsp3) is 0.579. The van der Waals surface area contributed by atoms with Crippen molar-refractivity contribution in [2.75, 3.05) is 44.3 Å². The van der Waals surface area contributed by atoms with Crippen LogP contribution < -0.4 is 16.0 Å². The van der Waals surface area contributed by atoms with Gasteiger partial charge in [-0.15, -0.1) is 0 Å². The summed E-state index contributed by atoms with van der Waals surface area (Å²) in [4.78, 5) is 28.3. The molecule has 148 valence electrons. The van der Waals surface area contributed by atoms with Gasteiger partial charge in [0.1, 0.15) is 0 Å². The Morgan fingerprint density at radius 2 is 2.11 bits per heavy atom. The smallest absolute Gasteiger partial charge is 0.408 e. The zero-order valence-electron chi connectivity index (χ0n) is 16.4. The molecule has 1 aromatic carbocycles. The molecule has 3 rings (SSSR count). The van der Waals surface area contributed by atoms with Crippen LogP contribution in [0.25, 0.3) is 11.1 Å². The number of nitrogens with zero attached hydrogens (tertiary/aromatic N) is 3. The summed E-state index contributed by atoms with van der Waals surface area (Å²) < 4.78 is 12.1. The standard InChI is InChI=1S/C19H28N4O4/c1-5-26-11-8-20-17(24)23-10-9-22(13-19(23,2)3)14-6-7-15-16(12-14)27-18(25)21(15)4/h6-7,12H,5,8-11,13H2,1-4H3,(H,20,24). The number of nitrogens with one attached hydrogen (secondary N) is 1. The number of anilines is 1. The number of carbonyl (C=O) groups excluding carboxylic acids is 1. The summed E-state index contributed by atoms with van der Waals surface area (Å²) in [6, 6.07) is 5.72. The average Bonchev–Trinajstić information content (AvgIpc) is 2.91. The van der Waals surface area contributed by atoms with Crippen molar-refractivity contribution in [2.24, 2.45) is 7.05 Å². The van der Waals surface area contributed by atoms with E-state index >= 15 is 0 Å². The molecule has 0 radical (unpaired) electrons. The number of aromatic nitrogens is 1. The van der Waals surface area contributed by atoms with Crippen molar-refractivity contribution in [3.63, 3.8) is 0 Å². The quantitative estimate of drug-likeness (QED) is 0.805. The monoisotopic (exact) mass is 376 g/mol. The number of piperazine rings is 1. The predicted octanol–water partition coefficient (Wildman–Crippen LogP) is 1.78. The maximum absolute atomic E-state index is 12.5. The number of ether oxygens (including phenoxy) is 1. The van der Waals surface area contributed by atoms with Crippen LogP contribution in [0.4, 0.5) is 10.5 Å². The van der Waals surface area contributed by atoms with E-state index in [1.165, 1.54) is 4.57 Å². The number of amides is 2. The van der Waals surface area contributed by atoms with E-state index in [9.17, 15) is 9.59 Å². The lowest BCUT2D eigenvalue weighted by Gasteiger charge is -2.47. The van der Waals surface area contributed by atoms with E-state index in [0.29, 0.717) is 45.0 Å². The van der Waals surface area contributed by atoms with Crippen molar-refractivity contribution < 1.29 is 13.9 Å². The summed E-state index contributed by atoms with van der Waals surface area (Å²) >= 11 is 0. The van der Waals surface area contributed by atoms with Crippen LogP contribution in [0.15, 0.2) is 27.4 Å². The zero-order valence-corrected chi connectivity index (χ0v) is 16.4. The van der Waals surface area contributed by atoms with Gasteiger partial charge in [-0.3, -0.25) is 4.57 Å². The molecule has 2 heterocycles. The molecule has 2 aromatic rings. The van der Waals surface area contributed by atoms with Crippen LogP contribution in [0.3, 0.4) is 0 Å². The third-order valence-corrected chi connectivity index (χ3v) is 5.01. The van der Waals surface area contributed by atoms with Crippen LogP contribution in [0.5, 0.6) is 0 Å². The SMILES string of the molecule is CCOCCNC(=O)N1CCN(c2ccc3c(c2)oc(=O)n3C)CC1(C)C. The number of fused-ring (bicyclic) bond motifs is 1. The largest absolute Gasteiger partial charge is 0.419 e. The van der Waals surface area contributed by atoms with Gasteiger partial charge < -0.3 is 24.3 Å². The van der Waals surface area contributed by atoms with E-state index < -0.39 is 0 Å². The highest BCUT2D eigenvalue weighted by Gasteiger charge is 2.36. The Morgan fingerprint density at radius 1 is 1.33 bits per heavy atom. The third kappa shape index (κ3) is 3.95. The van der Waals surface area contributed by atoms with E-state index in [0.717, 1.165) is 11.2 Å². The van der Waals surface area contributed by atoms with Crippen molar-refractivity contribution in [3.05, 3.63) is 28.7 Å². The number of oxazole rings is 1. The topological polar surface area (TPSA) is 80.0 Å². The van der Waals surface area contributed by atoms with Gasteiger partial charge >= 0.3 is 11.8 Å². The minimum atomic E-state index is -0.365. The minimum absolute atomic E-state index is 0.0659. The highest BCUT2D eigenvalue weighted by molar-refractivity contribution is 5.78. The first-order chi connectivity index (χ1) is 12.8. The van der Waals surface area contributed by atoms with Crippen LogP contribution in [-0.4, -0.2) is 60.4 Å². The molecule has 8 nitrogen and oxygen atoms in total. The summed E-state index contributed by atoms with van der Waals surface area (Å²) in [6.45, 7) is 9.74. The lowest BCUT2D eigenvalue weighted by Crippen LogP contribution is -2.63. The van der Waals surface area contributed by atoms with Crippen molar-refractivity contribution in [3.8, 4) is 0 Å². The van der Waals surface area contributed by atoms with Gasteiger partial charge in [-0.25, -0.2) is 9.59 Å². The Balaban J connectivity index is 1.69. The molecule has 1 aliphatic rings. The normalized spacial score (nSPS) is 16.7. The van der Waals surface area contributed by atoms with Gasteiger partial charge in [-0.2, -0.15) is 0 Å². The van der Waals surface area contributed by atoms with E-state index in [1.807, 2.05) is 30.0 Å². The van der Waals surface area contributed by atoms with E-state index in [4.69, 9.17) is 9.15 Å². The van der Waals surface area contributed by atoms with Crippen LogP contribution in [0.2, 0.25) is 0 Å². The van der Waals surface area contributed by atoms with Crippen LogP contribution in [-0.2, 0) is 11.8 Å². The molecular weight excluding hydrogens is 348 g/mol. The van der Waals surface area contributed by atoms with Gasteiger partial charge in [0.15, 0.2) is 5.58 Å². The summed E-state index contributed by atoms with van der Waals surface area (Å²) in [5, 5.41) is 2.92. The number of rotatable bonds is 5. The second-order valence-corrected chi connectivity index (χ2v) is 7.39. The Bertz CT molecular complexity index is 870. The molecule has 1 saturated heterocycles. The molecule has 8 heteroatoms. The van der Waals surface area contributed by atoms with Gasteiger partial charge in [-0.05, 0) is 32.9 Å². The van der Waals surface area contributed by atoms with Crippen molar-refractivity contribution >= 4 is 22.8 Å². The summed E-state index contributed by atoms with van der Waals surface area (Å²) in [5.74, 6) is -0.365. The number of aryl methyl sites for hydroxylation is 1. The van der Waals surface area contributed by atoms with Crippen molar-refractivity contribution in [1.82, 2.24) is 14.8 Å². The first-order valence-corrected chi connectivity index (χ1v) is 9.31. The number of hydrogen-bond acceptors (Lipinski definition) is 5. The van der Waals surface area contributed by atoms with Crippen molar-refractivity contribution in [1.29, 1.82) is 0 Å². The number of carbonyl (C=O) groups is 1. The summed E-state index contributed by atoms with van der Waals surface area (Å²) in [5.41, 5.74) is 2.01. The molecule has 1 aromatic heterocycles. The zero-order chi connectivity index (χ0) is 19.6. The molecule has 0 bridgehead atoms. The maximum Gasteiger partial charge on any atom is 0.419 e. The number of hydrogen-bond donors (Lipinski definition) is 1. The van der Waals surface area contributed by atoms with Crippen LogP contribution in [0, 0.1) is 0 Å². The second kappa shape index (κ2) is 7.64.